The molecule has 0 fully saturated rings. The number of esters is 2. The van der Waals surface area contributed by atoms with Crippen LogP contribution < -0.4 is 14.8 Å². The Bertz CT molecular complexity index is 918. The van der Waals surface area contributed by atoms with E-state index in [1.807, 2.05) is 27.7 Å². The molecule has 0 heterocycles. The minimum atomic E-state index is -0.944. The Labute approximate surface area is 237 Å². The third-order valence-corrected chi connectivity index (χ3v) is 5.59. The van der Waals surface area contributed by atoms with E-state index in [1.54, 1.807) is 6.07 Å². The van der Waals surface area contributed by atoms with Crippen LogP contribution in [0, 0.1) is 5.92 Å². The number of hydrogen-bond donors (Lipinski definition) is 1. The second-order valence-corrected chi connectivity index (χ2v) is 9.65. The highest BCUT2D eigenvalue weighted by atomic mass is 16.7. The molecule has 0 aliphatic heterocycles. The minimum Gasteiger partial charge on any atom is -0.468 e. The van der Waals surface area contributed by atoms with Crippen molar-refractivity contribution in [3.8, 4) is 11.5 Å². The summed E-state index contributed by atoms with van der Waals surface area (Å²) >= 11 is 0. The van der Waals surface area contributed by atoms with E-state index in [1.165, 1.54) is 19.2 Å². The molecular weight excluding hydrogens is 522 g/mol. The summed E-state index contributed by atoms with van der Waals surface area (Å²) in [4.78, 5) is 48.6. The Balaban J connectivity index is 2.94. The number of ether oxygens (including phenoxy) is 6. The third kappa shape index (κ3) is 15.3. The summed E-state index contributed by atoms with van der Waals surface area (Å²) in [5, 5.41) is 3.02. The van der Waals surface area contributed by atoms with Crippen LogP contribution in [0.25, 0.3) is 0 Å². The van der Waals surface area contributed by atoms with Crippen molar-refractivity contribution >= 4 is 24.2 Å². The molecule has 1 atom stereocenters. The fraction of sp³-hybridized carbons (Fsp3) is 0.655. The van der Waals surface area contributed by atoms with Gasteiger partial charge in [0.1, 0.15) is 12.6 Å². The predicted octanol–water partition coefficient (Wildman–Crippen LogP) is 5.36. The zero-order chi connectivity index (χ0) is 29.8. The van der Waals surface area contributed by atoms with Crippen LogP contribution in [0.1, 0.15) is 78.2 Å². The summed E-state index contributed by atoms with van der Waals surface area (Å²) in [5.41, 5.74) is 0.581. The van der Waals surface area contributed by atoms with E-state index >= 15 is 0 Å². The van der Waals surface area contributed by atoms with Crippen LogP contribution in [0.5, 0.6) is 11.5 Å². The van der Waals surface area contributed by atoms with E-state index in [9.17, 15) is 19.2 Å². The number of methoxy groups -OCH3 is 1. The largest absolute Gasteiger partial charge is 0.513 e. The van der Waals surface area contributed by atoms with E-state index < -0.39 is 24.3 Å². The highest BCUT2D eigenvalue weighted by Crippen LogP contribution is 2.30. The smallest absolute Gasteiger partial charge is 0.468 e. The van der Waals surface area contributed by atoms with Crippen molar-refractivity contribution in [2.45, 2.75) is 85.1 Å². The average Bonchev–Trinajstić information content (AvgIpc) is 2.91. The molecule has 1 aromatic rings. The zero-order valence-corrected chi connectivity index (χ0v) is 24.5. The van der Waals surface area contributed by atoms with Gasteiger partial charge in [0.2, 0.25) is 0 Å². The first-order valence-corrected chi connectivity index (χ1v) is 14.0. The van der Waals surface area contributed by atoms with Crippen molar-refractivity contribution in [1.29, 1.82) is 0 Å². The number of rotatable bonds is 19. The van der Waals surface area contributed by atoms with Crippen molar-refractivity contribution in [3.63, 3.8) is 0 Å². The molecule has 1 aromatic carbocycles. The maximum absolute atomic E-state index is 12.4. The van der Waals surface area contributed by atoms with Crippen molar-refractivity contribution in [2.24, 2.45) is 5.92 Å². The Morgan fingerprint density at radius 2 is 1.40 bits per heavy atom. The molecule has 0 aliphatic carbocycles. The van der Waals surface area contributed by atoms with Crippen LogP contribution in [0.15, 0.2) is 18.2 Å². The highest BCUT2D eigenvalue weighted by molar-refractivity contribution is 5.76. The highest BCUT2D eigenvalue weighted by Gasteiger charge is 2.22. The summed E-state index contributed by atoms with van der Waals surface area (Å²) in [7, 11) is 1.27. The van der Waals surface area contributed by atoms with Crippen LogP contribution >= 0.6 is 0 Å². The molecule has 0 aliphatic rings. The summed E-state index contributed by atoms with van der Waals surface area (Å²) < 4.78 is 30.9. The van der Waals surface area contributed by atoms with Crippen LogP contribution in [-0.4, -0.2) is 63.8 Å². The van der Waals surface area contributed by atoms with Gasteiger partial charge in [-0.15, -0.1) is 0 Å². The Kier molecular flexibility index (Phi) is 17.8. The monoisotopic (exact) mass is 567 g/mol. The molecule has 11 nitrogen and oxygen atoms in total. The maximum Gasteiger partial charge on any atom is 0.513 e. The van der Waals surface area contributed by atoms with Crippen molar-refractivity contribution in [3.05, 3.63) is 23.8 Å². The van der Waals surface area contributed by atoms with Gasteiger partial charge in [0.05, 0.1) is 20.3 Å². The zero-order valence-electron chi connectivity index (χ0n) is 24.5. The Morgan fingerprint density at radius 3 is 1.95 bits per heavy atom. The van der Waals surface area contributed by atoms with Crippen LogP contribution in [0.3, 0.4) is 0 Å². The molecule has 0 bridgehead atoms. The fourth-order valence-corrected chi connectivity index (χ4v) is 3.50. The number of unbranched alkanes of at least 4 members (excludes halogenated alkanes) is 4. The van der Waals surface area contributed by atoms with Gasteiger partial charge in [0, 0.05) is 13.0 Å². The first-order chi connectivity index (χ1) is 19.2. The quantitative estimate of drug-likeness (QED) is 0.100. The molecule has 0 saturated carbocycles. The van der Waals surface area contributed by atoms with Crippen LogP contribution in [-0.2, 0) is 35.0 Å². The lowest BCUT2D eigenvalue weighted by Gasteiger charge is -2.18. The molecule has 0 radical (unpaired) electrons. The molecule has 0 amide bonds. The first-order valence-electron chi connectivity index (χ1n) is 14.0. The van der Waals surface area contributed by atoms with E-state index in [4.69, 9.17) is 28.4 Å². The molecule has 0 saturated heterocycles. The number of carbonyl (C=O) groups excluding carboxylic acids is 4. The van der Waals surface area contributed by atoms with Gasteiger partial charge in [-0.2, -0.15) is 0 Å². The summed E-state index contributed by atoms with van der Waals surface area (Å²) in [6, 6.07) is 3.77. The summed E-state index contributed by atoms with van der Waals surface area (Å²) in [6.07, 6.45) is 3.75. The fourth-order valence-electron chi connectivity index (χ4n) is 3.50. The summed E-state index contributed by atoms with van der Waals surface area (Å²) in [5.74, 6) is -0.746. The molecular formula is C29H45NO10. The maximum atomic E-state index is 12.4. The molecule has 1 N–H and O–H groups in total. The second-order valence-electron chi connectivity index (χ2n) is 9.65. The third-order valence-electron chi connectivity index (χ3n) is 5.59. The topological polar surface area (TPSA) is 136 Å². The van der Waals surface area contributed by atoms with Gasteiger partial charge < -0.3 is 33.7 Å². The van der Waals surface area contributed by atoms with Gasteiger partial charge in [-0.1, -0.05) is 59.4 Å². The molecule has 40 heavy (non-hydrogen) atoms. The van der Waals surface area contributed by atoms with Crippen LogP contribution in [0.2, 0.25) is 0 Å². The van der Waals surface area contributed by atoms with E-state index in [0.717, 1.165) is 25.7 Å². The minimum absolute atomic E-state index is 0.0330. The number of nitrogens with one attached hydrogen (secondary N) is 1. The lowest BCUT2D eigenvalue weighted by Crippen LogP contribution is -2.41. The van der Waals surface area contributed by atoms with Gasteiger partial charge in [-0.05, 0) is 42.9 Å². The lowest BCUT2D eigenvalue weighted by atomic mass is 10.1. The molecule has 0 unspecified atom stereocenters. The molecule has 0 spiro atoms. The van der Waals surface area contributed by atoms with Crippen molar-refractivity contribution < 1.29 is 47.6 Å². The van der Waals surface area contributed by atoms with Crippen molar-refractivity contribution in [2.75, 3.05) is 33.5 Å². The Morgan fingerprint density at radius 1 is 0.800 bits per heavy atom. The van der Waals surface area contributed by atoms with E-state index in [2.05, 4.69) is 5.32 Å². The number of hydrogen-bond acceptors (Lipinski definition) is 11. The van der Waals surface area contributed by atoms with E-state index in [-0.39, 0.29) is 56.2 Å². The Hall–Kier alpha value is -3.34. The molecule has 11 heteroatoms. The first kappa shape index (κ1) is 34.7. The molecule has 1 rings (SSSR count). The summed E-state index contributed by atoms with van der Waals surface area (Å²) in [6.45, 7) is 8.62. The van der Waals surface area contributed by atoms with Gasteiger partial charge >= 0.3 is 24.2 Å². The number of carbonyl (C=O) groups is 4. The molecule has 0 aromatic heterocycles. The second kappa shape index (κ2) is 20.5. The predicted molar refractivity (Wildman–Crippen MR) is 147 cm³/mol. The average molecular weight is 568 g/mol. The van der Waals surface area contributed by atoms with Crippen LogP contribution in [0.4, 0.5) is 9.59 Å². The lowest BCUT2D eigenvalue weighted by molar-refractivity contribution is -0.144. The number of benzene rings is 1. The molecule has 226 valence electrons. The van der Waals surface area contributed by atoms with Gasteiger partial charge in [-0.3, -0.25) is 9.59 Å². The van der Waals surface area contributed by atoms with E-state index in [0.29, 0.717) is 24.8 Å². The van der Waals surface area contributed by atoms with Gasteiger partial charge in [-0.25, -0.2) is 9.59 Å². The van der Waals surface area contributed by atoms with Crippen molar-refractivity contribution in [1.82, 2.24) is 5.32 Å². The standard InChI is InChI=1S/C29H45NO10/c1-6-8-10-15-37-28(33)39-24-13-12-22(20-25(24)40-29(34)38-16-11-9-7-2)19-23(27(32)35-5)30-14-17-36-26(31)18-21(3)4/h12-13,20-21,23,30H,6-11,14-19H2,1-5H3/t23-/m0/s1. The normalized spacial score (nSPS) is 11.4. The SMILES string of the molecule is CCCCCOC(=O)Oc1ccc(C[C@H](NCCOC(=O)CC(C)C)C(=O)OC)cc1OC(=O)OCCCCC. The van der Waals surface area contributed by atoms with Gasteiger partial charge in [0.25, 0.3) is 0 Å². The van der Waals surface area contributed by atoms with Gasteiger partial charge in [0.15, 0.2) is 11.5 Å².